The van der Waals surface area contributed by atoms with Crippen LogP contribution in [0.25, 0.3) is 10.8 Å². The molecule has 1 aromatic carbocycles. The molecule has 26 heavy (non-hydrogen) atoms. The van der Waals surface area contributed by atoms with Gasteiger partial charge in [0.15, 0.2) is 0 Å². The highest BCUT2D eigenvalue weighted by Crippen LogP contribution is 2.33. The van der Waals surface area contributed by atoms with Crippen LogP contribution in [-0.2, 0) is 16.9 Å². The van der Waals surface area contributed by atoms with Crippen molar-refractivity contribution in [1.29, 1.82) is 0 Å². The number of benzene rings is 1. The maximum absolute atomic E-state index is 13.1. The summed E-state index contributed by atoms with van der Waals surface area (Å²) in [6.45, 7) is 1.97. The van der Waals surface area contributed by atoms with Gasteiger partial charge in [-0.15, -0.1) is 11.3 Å². The molecule has 0 saturated carbocycles. The van der Waals surface area contributed by atoms with Crippen LogP contribution in [0.2, 0.25) is 0 Å². The van der Waals surface area contributed by atoms with Crippen molar-refractivity contribution in [1.82, 2.24) is 15.2 Å². The number of hydrogen-bond donors (Lipinski definition) is 1. The van der Waals surface area contributed by atoms with Crippen molar-refractivity contribution < 1.29 is 14.0 Å². The summed E-state index contributed by atoms with van der Waals surface area (Å²) < 4.78 is 5.48. The molecule has 4 rings (SSSR count). The topological polar surface area (TPSA) is 75.4 Å². The highest BCUT2D eigenvalue weighted by molar-refractivity contribution is 7.13. The van der Waals surface area contributed by atoms with Crippen LogP contribution in [0.4, 0.5) is 4.79 Å². The average molecular weight is 367 g/mol. The summed E-state index contributed by atoms with van der Waals surface area (Å²) in [5.41, 5.74) is 0.290. The molecule has 6 nitrogen and oxygen atoms in total. The molecule has 0 aliphatic carbocycles. The SMILES string of the molecule is CC[C@]1(c2ccccc2)NC(=O)N(Cc2coc(-c3cccs3)n2)C1=O. The van der Waals surface area contributed by atoms with E-state index in [1.165, 1.54) is 22.5 Å². The second-order valence-corrected chi connectivity index (χ2v) is 7.02. The van der Waals surface area contributed by atoms with Crippen molar-refractivity contribution in [2.45, 2.75) is 25.4 Å². The first-order valence-corrected chi connectivity index (χ1v) is 9.20. The Morgan fingerprint density at radius 2 is 2.00 bits per heavy atom. The van der Waals surface area contributed by atoms with E-state index in [9.17, 15) is 9.59 Å². The second kappa shape index (κ2) is 6.42. The minimum atomic E-state index is -1.03. The Balaban J connectivity index is 1.60. The van der Waals surface area contributed by atoms with Gasteiger partial charge in [-0.3, -0.25) is 9.69 Å². The van der Waals surface area contributed by atoms with Gasteiger partial charge in [0.25, 0.3) is 5.91 Å². The molecule has 1 atom stereocenters. The molecule has 0 spiro atoms. The highest BCUT2D eigenvalue weighted by Gasteiger charge is 2.51. The first kappa shape index (κ1) is 16.5. The normalized spacial score (nSPS) is 19.8. The molecule has 3 aromatic rings. The third kappa shape index (κ3) is 2.61. The van der Waals surface area contributed by atoms with E-state index >= 15 is 0 Å². The summed E-state index contributed by atoms with van der Waals surface area (Å²) in [5.74, 6) is 0.226. The number of hydrogen-bond acceptors (Lipinski definition) is 5. The maximum atomic E-state index is 13.1. The van der Waals surface area contributed by atoms with Crippen LogP contribution in [0.3, 0.4) is 0 Å². The molecular formula is C19H17N3O3S. The fraction of sp³-hybridized carbons (Fsp3) is 0.211. The monoisotopic (exact) mass is 367 g/mol. The van der Waals surface area contributed by atoms with Crippen molar-refractivity contribution in [2.75, 3.05) is 0 Å². The molecule has 1 fully saturated rings. The Hall–Kier alpha value is -2.93. The fourth-order valence-corrected chi connectivity index (χ4v) is 3.84. The standard InChI is InChI=1S/C19H17N3O3S/c1-2-19(13-7-4-3-5-8-13)17(23)22(18(24)21-19)11-14-12-25-16(20-14)15-9-6-10-26-15/h3-10,12H,2,11H2,1H3,(H,21,24)/t19-/m1/s1. The lowest BCUT2D eigenvalue weighted by Gasteiger charge is -2.25. The quantitative estimate of drug-likeness (QED) is 0.697. The Morgan fingerprint density at radius 3 is 2.69 bits per heavy atom. The Morgan fingerprint density at radius 1 is 1.19 bits per heavy atom. The van der Waals surface area contributed by atoms with Crippen LogP contribution < -0.4 is 5.32 Å². The van der Waals surface area contributed by atoms with E-state index in [-0.39, 0.29) is 12.5 Å². The molecule has 1 aliphatic rings. The van der Waals surface area contributed by atoms with Crippen molar-refractivity contribution in [3.05, 3.63) is 65.4 Å². The third-order valence-corrected chi connectivity index (χ3v) is 5.43. The van der Waals surface area contributed by atoms with Gasteiger partial charge in [-0.25, -0.2) is 9.78 Å². The van der Waals surface area contributed by atoms with E-state index in [4.69, 9.17) is 4.42 Å². The van der Waals surface area contributed by atoms with Crippen molar-refractivity contribution in [3.8, 4) is 10.8 Å². The highest BCUT2D eigenvalue weighted by atomic mass is 32.1. The Labute approximate surface area is 154 Å². The molecule has 3 amide bonds. The van der Waals surface area contributed by atoms with Crippen molar-refractivity contribution >= 4 is 23.3 Å². The molecule has 0 bridgehead atoms. The maximum Gasteiger partial charge on any atom is 0.325 e. The molecule has 7 heteroatoms. The van der Waals surface area contributed by atoms with Crippen LogP contribution in [0.15, 0.2) is 58.5 Å². The van der Waals surface area contributed by atoms with Gasteiger partial charge in [-0.2, -0.15) is 0 Å². The average Bonchev–Trinajstić information content (AvgIpc) is 3.39. The van der Waals surface area contributed by atoms with Crippen LogP contribution >= 0.6 is 11.3 Å². The van der Waals surface area contributed by atoms with Crippen LogP contribution in [0.1, 0.15) is 24.6 Å². The summed E-state index contributed by atoms with van der Waals surface area (Å²) in [6, 6.07) is 12.7. The molecular weight excluding hydrogens is 350 g/mol. The molecule has 3 heterocycles. The first-order valence-electron chi connectivity index (χ1n) is 8.32. The van der Waals surface area contributed by atoms with Gasteiger partial charge in [0, 0.05) is 0 Å². The number of carbonyl (C=O) groups is 2. The van der Waals surface area contributed by atoms with E-state index in [0.717, 1.165) is 10.4 Å². The zero-order chi connectivity index (χ0) is 18.1. The van der Waals surface area contributed by atoms with E-state index in [2.05, 4.69) is 10.3 Å². The summed E-state index contributed by atoms with van der Waals surface area (Å²) in [7, 11) is 0. The predicted octanol–water partition coefficient (Wildman–Crippen LogP) is 3.76. The van der Waals surface area contributed by atoms with E-state index in [0.29, 0.717) is 18.0 Å². The fourth-order valence-electron chi connectivity index (χ4n) is 3.19. The summed E-state index contributed by atoms with van der Waals surface area (Å²) in [4.78, 5) is 32.1. The molecule has 1 aliphatic heterocycles. The number of amides is 3. The number of imide groups is 1. The van der Waals surface area contributed by atoms with Gasteiger partial charge in [-0.05, 0) is 23.4 Å². The second-order valence-electron chi connectivity index (χ2n) is 6.07. The number of nitrogens with zero attached hydrogens (tertiary/aromatic N) is 2. The van der Waals surface area contributed by atoms with E-state index in [1.807, 2.05) is 54.8 Å². The predicted molar refractivity (Wildman–Crippen MR) is 97.3 cm³/mol. The number of urea groups is 1. The van der Waals surface area contributed by atoms with Crippen LogP contribution in [0, 0.1) is 0 Å². The number of thiophene rings is 1. The summed E-state index contributed by atoms with van der Waals surface area (Å²) in [6.07, 6.45) is 1.96. The van der Waals surface area contributed by atoms with Gasteiger partial charge in [0.1, 0.15) is 11.8 Å². The van der Waals surface area contributed by atoms with Gasteiger partial charge < -0.3 is 9.73 Å². The first-order chi connectivity index (χ1) is 12.6. The molecule has 0 unspecified atom stereocenters. The largest absolute Gasteiger partial charge is 0.443 e. The minimum absolute atomic E-state index is 0.0775. The number of aromatic nitrogens is 1. The smallest absolute Gasteiger partial charge is 0.325 e. The van der Waals surface area contributed by atoms with Crippen molar-refractivity contribution in [3.63, 3.8) is 0 Å². The molecule has 1 N–H and O–H groups in total. The van der Waals surface area contributed by atoms with E-state index < -0.39 is 11.6 Å². The third-order valence-electron chi connectivity index (χ3n) is 4.58. The Bertz CT molecular complexity index is 936. The molecule has 132 valence electrons. The zero-order valence-corrected chi connectivity index (χ0v) is 15.0. The summed E-state index contributed by atoms with van der Waals surface area (Å²) in [5, 5.41) is 4.81. The Kier molecular flexibility index (Phi) is 4.08. The van der Waals surface area contributed by atoms with Crippen LogP contribution in [-0.4, -0.2) is 21.8 Å². The number of oxazole rings is 1. The number of nitrogens with one attached hydrogen (secondary N) is 1. The van der Waals surface area contributed by atoms with Gasteiger partial charge in [0.05, 0.1) is 17.1 Å². The lowest BCUT2D eigenvalue weighted by Crippen LogP contribution is -2.43. The van der Waals surface area contributed by atoms with Gasteiger partial charge in [0.2, 0.25) is 5.89 Å². The van der Waals surface area contributed by atoms with Crippen LogP contribution in [0.5, 0.6) is 0 Å². The van der Waals surface area contributed by atoms with Gasteiger partial charge >= 0.3 is 6.03 Å². The summed E-state index contributed by atoms with van der Waals surface area (Å²) >= 11 is 1.52. The number of rotatable bonds is 5. The molecule has 1 saturated heterocycles. The molecule has 0 radical (unpaired) electrons. The van der Waals surface area contributed by atoms with Gasteiger partial charge in [-0.1, -0.05) is 43.3 Å². The van der Waals surface area contributed by atoms with E-state index in [1.54, 1.807) is 0 Å². The lowest BCUT2D eigenvalue weighted by molar-refractivity contribution is -0.132. The van der Waals surface area contributed by atoms with Crippen molar-refractivity contribution in [2.24, 2.45) is 0 Å². The lowest BCUT2D eigenvalue weighted by atomic mass is 9.87. The number of carbonyl (C=O) groups excluding carboxylic acids is 2. The molecule has 2 aromatic heterocycles. The minimum Gasteiger partial charge on any atom is -0.443 e. The zero-order valence-electron chi connectivity index (χ0n) is 14.1.